The van der Waals surface area contributed by atoms with Gasteiger partial charge < -0.3 is 0 Å². The van der Waals surface area contributed by atoms with Gasteiger partial charge in [-0.2, -0.15) is 0 Å². The van der Waals surface area contributed by atoms with Gasteiger partial charge in [0.1, 0.15) is 12.3 Å². The van der Waals surface area contributed by atoms with Gasteiger partial charge in [0.25, 0.3) is 0 Å². The van der Waals surface area contributed by atoms with E-state index in [1.54, 1.807) is 24.3 Å². The second kappa shape index (κ2) is 3.66. The Morgan fingerprint density at radius 1 is 0.647 bits per heavy atom. The third-order valence-electron chi connectivity index (χ3n) is 3.52. The molecule has 2 unspecified atom stereocenters. The number of alkyl halides is 2. The first-order valence-corrected chi connectivity index (χ1v) is 5.67. The standard InChI is InChI=1S/C15H12F2/c16-13-14(17)15(13,11-7-3-1-4-8-11)12-9-5-2-6-10-12/h1-10,13-14H. The van der Waals surface area contributed by atoms with Crippen LogP contribution in [0.2, 0.25) is 0 Å². The van der Waals surface area contributed by atoms with Gasteiger partial charge in [0, 0.05) is 0 Å². The average molecular weight is 230 g/mol. The molecule has 0 radical (unpaired) electrons. The summed E-state index contributed by atoms with van der Waals surface area (Å²) in [6.45, 7) is 0. The molecule has 1 aliphatic rings. The summed E-state index contributed by atoms with van der Waals surface area (Å²) >= 11 is 0. The molecule has 86 valence electrons. The van der Waals surface area contributed by atoms with E-state index in [0.29, 0.717) is 11.1 Å². The molecule has 0 saturated heterocycles. The van der Waals surface area contributed by atoms with Crippen molar-refractivity contribution >= 4 is 0 Å². The summed E-state index contributed by atoms with van der Waals surface area (Å²) < 4.78 is 27.6. The van der Waals surface area contributed by atoms with Crippen molar-refractivity contribution in [1.29, 1.82) is 0 Å². The lowest BCUT2D eigenvalue weighted by Gasteiger charge is -2.15. The Kier molecular flexibility index (Phi) is 2.25. The minimum Gasteiger partial charge on any atom is -0.243 e. The highest BCUT2D eigenvalue weighted by atomic mass is 19.2. The summed E-state index contributed by atoms with van der Waals surface area (Å²) in [6, 6.07) is 18.1. The lowest BCUT2D eigenvalue weighted by molar-refractivity contribution is 0.372. The van der Waals surface area contributed by atoms with Crippen molar-refractivity contribution in [3.05, 3.63) is 71.8 Å². The Balaban J connectivity index is 2.14. The largest absolute Gasteiger partial charge is 0.243 e. The topological polar surface area (TPSA) is 0 Å². The monoisotopic (exact) mass is 230 g/mol. The Morgan fingerprint density at radius 2 is 1.00 bits per heavy atom. The second-order valence-electron chi connectivity index (χ2n) is 4.40. The van der Waals surface area contributed by atoms with E-state index >= 15 is 0 Å². The van der Waals surface area contributed by atoms with Crippen LogP contribution < -0.4 is 0 Å². The maximum Gasteiger partial charge on any atom is 0.149 e. The van der Waals surface area contributed by atoms with Gasteiger partial charge in [0.15, 0.2) is 0 Å². The molecule has 3 rings (SSSR count). The predicted molar refractivity (Wildman–Crippen MR) is 63.5 cm³/mol. The molecule has 2 aromatic rings. The molecule has 0 spiro atoms. The Hall–Kier alpha value is -1.70. The second-order valence-corrected chi connectivity index (χ2v) is 4.40. The van der Waals surface area contributed by atoms with E-state index in [0.717, 1.165) is 0 Å². The predicted octanol–water partition coefficient (Wildman–Crippen LogP) is 3.66. The van der Waals surface area contributed by atoms with E-state index in [2.05, 4.69) is 0 Å². The van der Waals surface area contributed by atoms with Crippen LogP contribution in [0.4, 0.5) is 8.78 Å². The molecule has 1 fully saturated rings. The summed E-state index contributed by atoms with van der Waals surface area (Å²) in [6.07, 6.45) is -2.88. The Bertz CT molecular complexity index is 457. The lowest BCUT2D eigenvalue weighted by atomic mass is 9.87. The minimum atomic E-state index is -1.44. The van der Waals surface area contributed by atoms with E-state index in [-0.39, 0.29) is 0 Å². The SMILES string of the molecule is FC1C(F)C1(c1ccccc1)c1ccccc1. The van der Waals surface area contributed by atoms with Gasteiger partial charge in [-0.15, -0.1) is 0 Å². The van der Waals surface area contributed by atoms with Crippen LogP contribution in [0.3, 0.4) is 0 Å². The zero-order valence-corrected chi connectivity index (χ0v) is 9.18. The average Bonchev–Trinajstić information content (AvgIpc) is 2.95. The van der Waals surface area contributed by atoms with E-state index < -0.39 is 17.8 Å². The van der Waals surface area contributed by atoms with Crippen molar-refractivity contribution in [2.45, 2.75) is 17.8 Å². The lowest BCUT2D eigenvalue weighted by Crippen LogP contribution is -2.14. The summed E-state index contributed by atoms with van der Waals surface area (Å²) in [7, 11) is 0. The smallest absolute Gasteiger partial charge is 0.149 e. The van der Waals surface area contributed by atoms with E-state index in [1.807, 2.05) is 36.4 Å². The Morgan fingerprint density at radius 3 is 1.29 bits per heavy atom. The van der Waals surface area contributed by atoms with Gasteiger partial charge in [-0.1, -0.05) is 60.7 Å². The van der Waals surface area contributed by atoms with Crippen molar-refractivity contribution in [3.8, 4) is 0 Å². The van der Waals surface area contributed by atoms with Gasteiger partial charge in [0.2, 0.25) is 0 Å². The molecule has 1 aliphatic carbocycles. The van der Waals surface area contributed by atoms with Gasteiger partial charge >= 0.3 is 0 Å². The molecule has 0 aromatic heterocycles. The van der Waals surface area contributed by atoms with Crippen molar-refractivity contribution in [2.75, 3.05) is 0 Å². The Labute approximate surface area is 98.9 Å². The highest BCUT2D eigenvalue weighted by molar-refractivity contribution is 5.51. The van der Waals surface area contributed by atoms with Gasteiger partial charge in [-0.3, -0.25) is 0 Å². The number of hydrogen-bond donors (Lipinski definition) is 0. The number of rotatable bonds is 2. The van der Waals surface area contributed by atoms with Crippen LogP contribution in [0.5, 0.6) is 0 Å². The number of benzene rings is 2. The van der Waals surface area contributed by atoms with Crippen LogP contribution in [0.25, 0.3) is 0 Å². The van der Waals surface area contributed by atoms with Crippen LogP contribution in [-0.2, 0) is 5.41 Å². The normalized spacial score (nSPS) is 25.5. The first kappa shape index (κ1) is 10.5. The number of hydrogen-bond acceptors (Lipinski definition) is 0. The van der Waals surface area contributed by atoms with Crippen LogP contribution in [-0.4, -0.2) is 12.3 Å². The van der Waals surface area contributed by atoms with Crippen molar-refractivity contribution in [2.24, 2.45) is 0 Å². The molecule has 17 heavy (non-hydrogen) atoms. The molecule has 2 heteroatoms. The molecule has 0 bridgehead atoms. The van der Waals surface area contributed by atoms with E-state index in [9.17, 15) is 8.78 Å². The van der Waals surface area contributed by atoms with Gasteiger partial charge in [0.05, 0.1) is 5.41 Å². The summed E-state index contributed by atoms with van der Waals surface area (Å²) in [4.78, 5) is 0. The molecule has 0 heterocycles. The molecule has 0 N–H and O–H groups in total. The molecule has 2 aromatic carbocycles. The van der Waals surface area contributed by atoms with Crippen molar-refractivity contribution in [3.63, 3.8) is 0 Å². The van der Waals surface area contributed by atoms with Gasteiger partial charge in [-0.25, -0.2) is 8.78 Å². The first-order valence-electron chi connectivity index (χ1n) is 5.67. The van der Waals surface area contributed by atoms with Crippen LogP contribution in [0.15, 0.2) is 60.7 Å². The fourth-order valence-electron chi connectivity index (χ4n) is 2.54. The van der Waals surface area contributed by atoms with E-state index in [4.69, 9.17) is 0 Å². The van der Waals surface area contributed by atoms with Crippen LogP contribution in [0.1, 0.15) is 11.1 Å². The zero-order chi connectivity index (χ0) is 11.9. The first-order chi connectivity index (χ1) is 8.28. The van der Waals surface area contributed by atoms with Crippen molar-refractivity contribution in [1.82, 2.24) is 0 Å². The third-order valence-corrected chi connectivity index (χ3v) is 3.52. The summed E-state index contributed by atoms with van der Waals surface area (Å²) in [5.41, 5.74) is 0.347. The van der Waals surface area contributed by atoms with Crippen LogP contribution >= 0.6 is 0 Å². The molecular formula is C15H12F2. The summed E-state index contributed by atoms with van der Waals surface area (Å²) in [5, 5.41) is 0. The van der Waals surface area contributed by atoms with E-state index in [1.165, 1.54) is 0 Å². The minimum absolute atomic E-state index is 0.714. The third kappa shape index (κ3) is 1.33. The molecule has 0 nitrogen and oxygen atoms in total. The highest BCUT2D eigenvalue weighted by Crippen LogP contribution is 2.57. The molecular weight excluding hydrogens is 218 g/mol. The zero-order valence-electron chi connectivity index (χ0n) is 9.18. The molecule has 1 saturated carbocycles. The number of halogens is 2. The van der Waals surface area contributed by atoms with Crippen LogP contribution in [0, 0.1) is 0 Å². The van der Waals surface area contributed by atoms with Gasteiger partial charge in [-0.05, 0) is 11.1 Å². The van der Waals surface area contributed by atoms with Crippen molar-refractivity contribution < 1.29 is 8.78 Å². The maximum absolute atomic E-state index is 13.8. The molecule has 0 amide bonds. The molecule has 0 aliphatic heterocycles. The fourth-order valence-corrected chi connectivity index (χ4v) is 2.54. The maximum atomic E-state index is 13.8. The highest BCUT2D eigenvalue weighted by Gasteiger charge is 2.69. The summed E-state index contributed by atoms with van der Waals surface area (Å²) in [5.74, 6) is 0. The molecule has 2 atom stereocenters. The quantitative estimate of drug-likeness (QED) is 0.738. The fraction of sp³-hybridized carbons (Fsp3) is 0.200.